The molecule has 0 unspecified atom stereocenters. The van der Waals surface area contributed by atoms with Gasteiger partial charge in [-0.05, 0) is 36.8 Å². The van der Waals surface area contributed by atoms with Crippen molar-refractivity contribution in [2.45, 2.75) is 18.9 Å². The highest BCUT2D eigenvalue weighted by molar-refractivity contribution is 5.97. The number of aryl methyl sites for hydroxylation is 1. The number of carbonyl (C=O) groups is 1. The number of hydrogen-bond acceptors (Lipinski definition) is 9. The second-order valence-electron chi connectivity index (χ2n) is 7.73. The van der Waals surface area contributed by atoms with Crippen molar-refractivity contribution in [3.8, 4) is 23.0 Å². The number of rotatable bonds is 5. The minimum Gasteiger partial charge on any atom is -0.502 e. The molecule has 34 heavy (non-hydrogen) atoms. The quantitative estimate of drug-likeness (QED) is 0.427. The summed E-state index contributed by atoms with van der Waals surface area (Å²) in [5.41, 5.74) is 0.311. The Balaban J connectivity index is 1.70. The van der Waals surface area contributed by atoms with Gasteiger partial charge in [-0.2, -0.15) is 0 Å². The van der Waals surface area contributed by atoms with Crippen molar-refractivity contribution >= 4 is 22.7 Å². The van der Waals surface area contributed by atoms with Gasteiger partial charge in [0.2, 0.25) is 5.75 Å². The molecule has 5 rings (SSSR count). The van der Waals surface area contributed by atoms with Crippen LogP contribution in [0.15, 0.2) is 56.2 Å². The summed E-state index contributed by atoms with van der Waals surface area (Å²) in [4.78, 5) is 26.4. The number of fused-ring (bicyclic) bond motifs is 3. The Labute approximate surface area is 192 Å². The maximum atomic E-state index is 13.3. The number of nitrogens with zero attached hydrogens (tertiary/aromatic N) is 1. The molecule has 174 valence electrons. The Morgan fingerprint density at radius 3 is 2.47 bits per heavy atom. The minimum absolute atomic E-state index is 0.110. The van der Waals surface area contributed by atoms with E-state index >= 15 is 0 Å². The summed E-state index contributed by atoms with van der Waals surface area (Å²) in [6.45, 7) is 1.69. The van der Waals surface area contributed by atoms with Gasteiger partial charge in [0.25, 0.3) is 5.91 Å². The van der Waals surface area contributed by atoms with E-state index in [2.05, 4.69) is 10.5 Å². The molecule has 10 nitrogen and oxygen atoms in total. The molecule has 0 spiro atoms. The Kier molecular flexibility index (Phi) is 5.12. The number of para-hydroxylation sites is 1. The lowest BCUT2D eigenvalue weighted by Gasteiger charge is -2.20. The van der Waals surface area contributed by atoms with Crippen LogP contribution in [0.5, 0.6) is 23.0 Å². The standard InChI is InChI=1S/C24H20N2O8/c1-11-8-17(26-34-11)25-23(28)22-18(12-9-15(30-2)20(27)16(10-12)31-3)19-21(33-22)13-6-4-5-7-14(13)32-24(19)29/h4-10,18,22,27H,1-3H3,(H,25,26,28)/t18-,22-/m1/s1. The Bertz CT molecular complexity index is 1450. The van der Waals surface area contributed by atoms with Crippen LogP contribution >= 0.6 is 0 Å². The molecule has 0 saturated carbocycles. The van der Waals surface area contributed by atoms with Crippen molar-refractivity contribution in [1.29, 1.82) is 0 Å². The van der Waals surface area contributed by atoms with Gasteiger partial charge in [0.15, 0.2) is 23.4 Å². The Morgan fingerprint density at radius 2 is 1.82 bits per heavy atom. The van der Waals surface area contributed by atoms with Gasteiger partial charge in [-0.3, -0.25) is 4.79 Å². The number of benzene rings is 2. The lowest BCUT2D eigenvalue weighted by molar-refractivity contribution is -0.122. The highest BCUT2D eigenvalue weighted by Crippen LogP contribution is 2.48. The number of nitrogens with one attached hydrogen (secondary N) is 1. The maximum Gasteiger partial charge on any atom is 0.344 e. The lowest BCUT2D eigenvalue weighted by atomic mass is 9.87. The molecular formula is C24H20N2O8. The van der Waals surface area contributed by atoms with Gasteiger partial charge in [-0.15, -0.1) is 0 Å². The molecule has 2 aromatic heterocycles. The number of ether oxygens (including phenoxy) is 3. The van der Waals surface area contributed by atoms with E-state index in [4.69, 9.17) is 23.2 Å². The molecule has 1 amide bonds. The third-order valence-corrected chi connectivity index (χ3v) is 5.66. The monoisotopic (exact) mass is 464 g/mol. The van der Waals surface area contributed by atoms with Crippen LogP contribution in [-0.2, 0) is 4.79 Å². The number of carbonyl (C=O) groups excluding carboxylic acids is 1. The summed E-state index contributed by atoms with van der Waals surface area (Å²) in [7, 11) is 2.77. The Hall–Kier alpha value is -4.47. The normalized spacial score (nSPS) is 16.7. The first-order valence-corrected chi connectivity index (χ1v) is 10.3. The number of methoxy groups -OCH3 is 2. The zero-order chi connectivity index (χ0) is 24.0. The molecule has 0 radical (unpaired) electrons. The second kappa shape index (κ2) is 8.14. The van der Waals surface area contributed by atoms with Crippen LogP contribution in [0.3, 0.4) is 0 Å². The number of amides is 1. The number of anilines is 1. The van der Waals surface area contributed by atoms with Crippen LogP contribution in [-0.4, -0.2) is 36.5 Å². The molecule has 0 fully saturated rings. The summed E-state index contributed by atoms with van der Waals surface area (Å²) in [5, 5.41) is 17.4. The molecule has 10 heteroatoms. The minimum atomic E-state index is -1.17. The molecule has 2 aromatic carbocycles. The van der Waals surface area contributed by atoms with Crippen molar-refractivity contribution < 1.29 is 33.1 Å². The van der Waals surface area contributed by atoms with Gasteiger partial charge in [0, 0.05) is 6.07 Å². The van der Waals surface area contributed by atoms with Crippen LogP contribution in [0.1, 0.15) is 22.8 Å². The third kappa shape index (κ3) is 3.40. The van der Waals surface area contributed by atoms with Gasteiger partial charge in [-0.1, -0.05) is 17.3 Å². The van der Waals surface area contributed by atoms with E-state index in [0.29, 0.717) is 22.3 Å². The van der Waals surface area contributed by atoms with Crippen molar-refractivity contribution in [1.82, 2.24) is 5.16 Å². The Morgan fingerprint density at radius 1 is 1.12 bits per heavy atom. The van der Waals surface area contributed by atoms with Crippen molar-refractivity contribution in [3.63, 3.8) is 0 Å². The summed E-state index contributed by atoms with van der Waals surface area (Å²) >= 11 is 0. The third-order valence-electron chi connectivity index (χ3n) is 5.66. The topological polar surface area (TPSA) is 133 Å². The fourth-order valence-corrected chi connectivity index (χ4v) is 4.14. The summed E-state index contributed by atoms with van der Waals surface area (Å²) < 4.78 is 27.2. The number of aromatic nitrogens is 1. The predicted molar refractivity (Wildman–Crippen MR) is 120 cm³/mol. The zero-order valence-electron chi connectivity index (χ0n) is 18.4. The van der Waals surface area contributed by atoms with Gasteiger partial charge >= 0.3 is 5.63 Å². The van der Waals surface area contributed by atoms with Gasteiger partial charge < -0.3 is 33.6 Å². The molecular weight excluding hydrogens is 444 g/mol. The number of hydrogen-bond donors (Lipinski definition) is 2. The lowest BCUT2D eigenvalue weighted by Crippen LogP contribution is -2.35. The predicted octanol–water partition coefficient (Wildman–Crippen LogP) is 3.34. The average molecular weight is 464 g/mol. The largest absolute Gasteiger partial charge is 0.502 e. The number of phenolic OH excluding ortho intramolecular Hbond substituents is 1. The van der Waals surface area contributed by atoms with E-state index in [0.717, 1.165) is 0 Å². The van der Waals surface area contributed by atoms with Gasteiger partial charge in [-0.25, -0.2) is 4.79 Å². The molecule has 0 aliphatic carbocycles. The van der Waals surface area contributed by atoms with Gasteiger partial charge in [0.1, 0.15) is 17.1 Å². The second-order valence-corrected chi connectivity index (χ2v) is 7.73. The van der Waals surface area contributed by atoms with Crippen LogP contribution < -0.4 is 25.2 Å². The summed E-state index contributed by atoms with van der Waals surface area (Å²) in [6.07, 6.45) is -1.17. The van der Waals surface area contributed by atoms with Crippen molar-refractivity contribution in [2.75, 3.05) is 19.5 Å². The highest BCUT2D eigenvalue weighted by Gasteiger charge is 2.45. The molecule has 4 aromatic rings. The SMILES string of the molecule is COc1cc([C@@H]2c3c(c4ccccc4oc3=O)O[C@H]2C(=O)Nc2cc(C)on2)cc(OC)c1O. The first-order chi connectivity index (χ1) is 16.4. The molecule has 0 bridgehead atoms. The fourth-order valence-electron chi connectivity index (χ4n) is 4.14. The van der Waals surface area contributed by atoms with Crippen molar-refractivity contribution in [2.24, 2.45) is 0 Å². The molecule has 3 heterocycles. The summed E-state index contributed by atoms with van der Waals surface area (Å²) in [6, 6.07) is 11.5. The van der Waals surface area contributed by atoms with E-state index < -0.39 is 23.6 Å². The maximum absolute atomic E-state index is 13.3. The van der Waals surface area contributed by atoms with Crippen LogP contribution in [0.4, 0.5) is 5.82 Å². The first-order valence-electron chi connectivity index (χ1n) is 10.3. The van der Waals surface area contributed by atoms with E-state index in [1.54, 1.807) is 37.3 Å². The number of aromatic hydroxyl groups is 1. The zero-order valence-corrected chi connectivity index (χ0v) is 18.4. The number of phenols is 1. The van der Waals surface area contributed by atoms with Crippen LogP contribution in [0.25, 0.3) is 11.0 Å². The molecule has 2 atom stereocenters. The average Bonchev–Trinajstić information content (AvgIpc) is 3.43. The van der Waals surface area contributed by atoms with Crippen LogP contribution in [0.2, 0.25) is 0 Å². The van der Waals surface area contributed by atoms with E-state index in [1.807, 2.05) is 0 Å². The summed E-state index contributed by atoms with van der Waals surface area (Å²) in [5.74, 6) is -0.465. The fraction of sp³-hybridized carbons (Fsp3) is 0.208. The highest BCUT2D eigenvalue weighted by atomic mass is 16.5. The molecule has 2 N–H and O–H groups in total. The van der Waals surface area contributed by atoms with Gasteiger partial charge in [0.05, 0.1) is 31.1 Å². The van der Waals surface area contributed by atoms with E-state index in [1.165, 1.54) is 26.4 Å². The van der Waals surface area contributed by atoms with E-state index in [9.17, 15) is 14.7 Å². The molecule has 1 aliphatic heterocycles. The smallest absolute Gasteiger partial charge is 0.344 e. The van der Waals surface area contributed by atoms with E-state index in [-0.39, 0.29) is 34.4 Å². The van der Waals surface area contributed by atoms with Crippen molar-refractivity contribution in [3.05, 3.63) is 69.8 Å². The first kappa shape index (κ1) is 21.4. The molecule has 0 saturated heterocycles. The van der Waals surface area contributed by atoms with Crippen LogP contribution in [0, 0.1) is 6.92 Å². The molecule has 1 aliphatic rings.